The summed E-state index contributed by atoms with van der Waals surface area (Å²) in [6.45, 7) is 8.11. The van der Waals surface area contributed by atoms with Crippen LogP contribution in [0.5, 0.6) is 0 Å². The average Bonchev–Trinajstić information content (AvgIpc) is 2.21. The van der Waals surface area contributed by atoms with Crippen molar-refractivity contribution in [2.45, 2.75) is 27.2 Å². The Morgan fingerprint density at radius 1 is 1.40 bits per heavy atom. The molecule has 15 heavy (non-hydrogen) atoms. The molecule has 0 bridgehead atoms. The van der Waals surface area contributed by atoms with E-state index < -0.39 is 0 Å². The van der Waals surface area contributed by atoms with Crippen molar-refractivity contribution in [3.05, 3.63) is 11.8 Å². The highest BCUT2D eigenvalue weighted by atomic mass is 15.2. The van der Waals surface area contributed by atoms with Gasteiger partial charge >= 0.3 is 0 Å². The zero-order chi connectivity index (χ0) is 11.3. The summed E-state index contributed by atoms with van der Waals surface area (Å²) in [4.78, 5) is 10.9. The summed E-state index contributed by atoms with van der Waals surface area (Å²) in [7, 11) is 2.06. The number of anilines is 2. The van der Waals surface area contributed by atoms with Crippen LogP contribution in [0.2, 0.25) is 0 Å². The molecule has 0 saturated heterocycles. The largest absolute Gasteiger partial charge is 0.359 e. The number of nitrogens with zero attached hydrogens (tertiary/aromatic N) is 3. The zero-order valence-corrected chi connectivity index (χ0v) is 10.0. The number of hydrogen-bond acceptors (Lipinski definition) is 4. The molecule has 0 fully saturated rings. The number of nitrogens with one attached hydrogen (secondary N) is 1. The first kappa shape index (κ1) is 11.8. The fourth-order valence-electron chi connectivity index (χ4n) is 1.50. The van der Waals surface area contributed by atoms with E-state index in [4.69, 9.17) is 0 Å². The van der Waals surface area contributed by atoms with Gasteiger partial charge in [0.2, 0.25) is 5.95 Å². The van der Waals surface area contributed by atoms with Crippen molar-refractivity contribution in [2.24, 2.45) is 0 Å². The predicted octanol–water partition coefficient (Wildman–Crippen LogP) is 2.06. The van der Waals surface area contributed by atoms with Crippen LogP contribution in [0.15, 0.2) is 6.20 Å². The molecule has 84 valence electrons. The van der Waals surface area contributed by atoms with Crippen LogP contribution in [0.25, 0.3) is 0 Å². The van der Waals surface area contributed by atoms with Crippen molar-refractivity contribution < 1.29 is 0 Å². The van der Waals surface area contributed by atoms with Gasteiger partial charge in [0.05, 0.1) is 0 Å². The molecule has 0 aliphatic rings. The monoisotopic (exact) mass is 208 g/mol. The summed E-state index contributed by atoms with van der Waals surface area (Å²) in [6, 6.07) is 0. The predicted molar refractivity (Wildman–Crippen MR) is 64.5 cm³/mol. The molecule has 1 heterocycles. The van der Waals surface area contributed by atoms with Gasteiger partial charge in [0.15, 0.2) is 0 Å². The third kappa shape index (κ3) is 3.08. The Morgan fingerprint density at radius 2 is 2.13 bits per heavy atom. The van der Waals surface area contributed by atoms with Gasteiger partial charge in [-0.05, 0) is 20.3 Å². The fourth-order valence-corrected chi connectivity index (χ4v) is 1.50. The molecule has 0 atom stereocenters. The summed E-state index contributed by atoms with van der Waals surface area (Å²) in [5.74, 6) is 1.73. The Kier molecular flexibility index (Phi) is 4.34. The van der Waals surface area contributed by atoms with Gasteiger partial charge in [-0.2, -0.15) is 4.98 Å². The van der Waals surface area contributed by atoms with E-state index in [1.54, 1.807) is 0 Å². The lowest BCUT2D eigenvalue weighted by Crippen LogP contribution is -2.21. The van der Waals surface area contributed by atoms with Crippen LogP contribution in [0.3, 0.4) is 0 Å². The molecule has 0 saturated carbocycles. The molecule has 0 spiro atoms. The summed E-state index contributed by atoms with van der Waals surface area (Å²) in [5, 5.41) is 3.12. The van der Waals surface area contributed by atoms with E-state index in [2.05, 4.69) is 34.2 Å². The van der Waals surface area contributed by atoms with Crippen molar-refractivity contribution in [1.29, 1.82) is 0 Å². The van der Waals surface area contributed by atoms with Crippen molar-refractivity contribution in [1.82, 2.24) is 9.97 Å². The van der Waals surface area contributed by atoms with Gasteiger partial charge < -0.3 is 10.2 Å². The fraction of sp³-hybridized carbons (Fsp3) is 0.636. The third-order valence-electron chi connectivity index (χ3n) is 2.20. The van der Waals surface area contributed by atoms with Gasteiger partial charge in [-0.3, -0.25) is 0 Å². The van der Waals surface area contributed by atoms with E-state index in [0.717, 1.165) is 30.9 Å². The van der Waals surface area contributed by atoms with Crippen molar-refractivity contribution in [3.63, 3.8) is 0 Å². The Bertz CT molecular complexity index is 311. The Labute approximate surface area is 91.7 Å². The van der Waals surface area contributed by atoms with Gasteiger partial charge in [-0.25, -0.2) is 4.98 Å². The first-order chi connectivity index (χ1) is 7.19. The summed E-state index contributed by atoms with van der Waals surface area (Å²) in [5.41, 5.74) is 1.12. The topological polar surface area (TPSA) is 41.1 Å². The van der Waals surface area contributed by atoms with Gasteiger partial charge in [0.25, 0.3) is 0 Å². The molecule has 1 aromatic heterocycles. The van der Waals surface area contributed by atoms with Crippen molar-refractivity contribution >= 4 is 11.8 Å². The first-order valence-electron chi connectivity index (χ1n) is 5.47. The van der Waals surface area contributed by atoms with E-state index in [9.17, 15) is 0 Å². The van der Waals surface area contributed by atoms with Crippen LogP contribution in [-0.2, 0) is 0 Å². The molecular weight excluding hydrogens is 188 g/mol. The highest BCUT2D eigenvalue weighted by molar-refractivity contribution is 5.48. The molecule has 0 aliphatic carbocycles. The van der Waals surface area contributed by atoms with Gasteiger partial charge in [0, 0.05) is 31.9 Å². The maximum Gasteiger partial charge on any atom is 0.224 e. The van der Waals surface area contributed by atoms with E-state index in [0.29, 0.717) is 5.95 Å². The standard InChI is InChI=1S/C11H20N4/c1-5-7-15(4)10-9(3)8-13-11(14-10)12-6-2/h8H,5-7H2,1-4H3,(H,12,13,14). The minimum absolute atomic E-state index is 0.709. The molecule has 1 N–H and O–H groups in total. The number of aromatic nitrogens is 2. The van der Waals surface area contributed by atoms with E-state index in [-0.39, 0.29) is 0 Å². The van der Waals surface area contributed by atoms with Crippen LogP contribution < -0.4 is 10.2 Å². The second-order valence-electron chi connectivity index (χ2n) is 3.65. The molecule has 0 radical (unpaired) electrons. The number of hydrogen-bond donors (Lipinski definition) is 1. The van der Waals surface area contributed by atoms with Crippen LogP contribution in [0.1, 0.15) is 25.8 Å². The normalized spacial score (nSPS) is 10.1. The highest BCUT2D eigenvalue weighted by Gasteiger charge is 2.07. The molecule has 4 heteroatoms. The summed E-state index contributed by atoms with van der Waals surface area (Å²) < 4.78 is 0. The lowest BCUT2D eigenvalue weighted by Gasteiger charge is -2.19. The van der Waals surface area contributed by atoms with Crippen LogP contribution in [-0.4, -0.2) is 30.1 Å². The molecular formula is C11H20N4. The second-order valence-corrected chi connectivity index (χ2v) is 3.65. The maximum atomic E-state index is 4.48. The van der Waals surface area contributed by atoms with Crippen LogP contribution in [0, 0.1) is 6.92 Å². The molecule has 4 nitrogen and oxygen atoms in total. The van der Waals surface area contributed by atoms with Crippen LogP contribution >= 0.6 is 0 Å². The summed E-state index contributed by atoms with van der Waals surface area (Å²) >= 11 is 0. The smallest absolute Gasteiger partial charge is 0.224 e. The summed E-state index contributed by atoms with van der Waals surface area (Å²) in [6.07, 6.45) is 2.99. The minimum Gasteiger partial charge on any atom is -0.359 e. The average molecular weight is 208 g/mol. The van der Waals surface area contributed by atoms with Crippen LogP contribution in [0.4, 0.5) is 11.8 Å². The molecule has 0 aliphatic heterocycles. The van der Waals surface area contributed by atoms with E-state index in [1.807, 2.05) is 20.0 Å². The SMILES string of the molecule is CCCN(C)c1nc(NCC)ncc1C. The molecule has 1 aromatic rings. The quantitative estimate of drug-likeness (QED) is 0.804. The number of rotatable bonds is 5. The van der Waals surface area contributed by atoms with E-state index in [1.165, 1.54) is 0 Å². The molecule has 0 unspecified atom stereocenters. The maximum absolute atomic E-state index is 4.48. The highest BCUT2D eigenvalue weighted by Crippen LogP contribution is 2.16. The number of aryl methyl sites for hydroxylation is 1. The second kappa shape index (κ2) is 5.53. The van der Waals surface area contributed by atoms with Crippen molar-refractivity contribution in [2.75, 3.05) is 30.4 Å². The Balaban J connectivity index is 2.89. The van der Waals surface area contributed by atoms with Gasteiger partial charge in [0.1, 0.15) is 5.82 Å². The zero-order valence-electron chi connectivity index (χ0n) is 10.0. The molecule has 0 aromatic carbocycles. The van der Waals surface area contributed by atoms with Gasteiger partial charge in [-0.1, -0.05) is 6.92 Å². The lowest BCUT2D eigenvalue weighted by molar-refractivity contribution is 0.829. The molecule has 0 amide bonds. The minimum atomic E-state index is 0.709. The third-order valence-corrected chi connectivity index (χ3v) is 2.20. The molecule has 1 rings (SSSR count). The lowest BCUT2D eigenvalue weighted by atomic mass is 10.3. The van der Waals surface area contributed by atoms with E-state index >= 15 is 0 Å². The Hall–Kier alpha value is -1.32. The van der Waals surface area contributed by atoms with Gasteiger partial charge in [-0.15, -0.1) is 0 Å². The first-order valence-corrected chi connectivity index (χ1v) is 5.47. The van der Waals surface area contributed by atoms with Crippen molar-refractivity contribution in [3.8, 4) is 0 Å². The Morgan fingerprint density at radius 3 is 2.73 bits per heavy atom.